The molecule has 0 aliphatic rings. The maximum absolute atomic E-state index is 12.3. The molecular formula is C13H26N4O2S. The third kappa shape index (κ3) is 4.88. The molecule has 0 saturated heterocycles. The zero-order valence-corrected chi connectivity index (χ0v) is 13.6. The highest BCUT2D eigenvalue weighted by Gasteiger charge is 2.24. The van der Waals surface area contributed by atoms with Crippen LogP contribution in [0.25, 0.3) is 0 Å². The predicted octanol–water partition coefficient (Wildman–Crippen LogP) is 1.62. The highest BCUT2D eigenvalue weighted by Crippen LogP contribution is 2.19. The molecule has 0 bridgehead atoms. The molecule has 116 valence electrons. The molecule has 7 heteroatoms. The van der Waals surface area contributed by atoms with E-state index >= 15 is 0 Å². The van der Waals surface area contributed by atoms with Crippen molar-refractivity contribution in [2.45, 2.75) is 52.1 Å². The van der Waals surface area contributed by atoms with Crippen molar-refractivity contribution in [1.29, 1.82) is 0 Å². The van der Waals surface area contributed by atoms with Gasteiger partial charge in [-0.05, 0) is 24.8 Å². The summed E-state index contributed by atoms with van der Waals surface area (Å²) in [5, 5.41) is 9.78. The van der Waals surface area contributed by atoms with Crippen molar-refractivity contribution in [3.8, 4) is 0 Å². The summed E-state index contributed by atoms with van der Waals surface area (Å²) in [7, 11) is -3.54. The van der Waals surface area contributed by atoms with E-state index in [2.05, 4.69) is 27.2 Å². The van der Waals surface area contributed by atoms with Gasteiger partial charge in [-0.1, -0.05) is 27.7 Å². The second-order valence-electron chi connectivity index (χ2n) is 5.74. The lowest BCUT2D eigenvalue weighted by Crippen LogP contribution is -2.34. The quantitative estimate of drug-likeness (QED) is 0.605. The summed E-state index contributed by atoms with van der Waals surface area (Å²) in [6.45, 7) is 9.93. The molecule has 3 N–H and O–H groups in total. The maximum Gasteiger partial charge on any atom is 0.257 e. The van der Waals surface area contributed by atoms with E-state index in [0.717, 1.165) is 19.4 Å². The summed E-state index contributed by atoms with van der Waals surface area (Å²) in [5.74, 6) is 0. The molecule has 6 nitrogen and oxygen atoms in total. The topological polar surface area (TPSA) is 86.9 Å². The number of hydrogen-bond acceptors (Lipinski definition) is 4. The fourth-order valence-corrected chi connectivity index (χ4v) is 2.91. The number of nitrogens with zero attached hydrogens (tertiary/aromatic N) is 1. The predicted molar refractivity (Wildman–Crippen MR) is 79.8 cm³/mol. The van der Waals surface area contributed by atoms with Crippen LogP contribution >= 0.6 is 0 Å². The highest BCUT2D eigenvalue weighted by atomic mass is 32.2. The van der Waals surface area contributed by atoms with E-state index in [1.54, 1.807) is 6.20 Å². The lowest BCUT2D eigenvalue weighted by Gasteiger charge is -2.22. The zero-order valence-electron chi connectivity index (χ0n) is 12.8. The summed E-state index contributed by atoms with van der Waals surface area (Å²) < 4.78 is 27.3. The monoisotopic (exact) mass is 302 g/mol. The second-order valence-corrected chi connectivity index (χ2v) is 7.45. The zero-order chi connectivity index (χ0) is 15.2. The first-order chi connectivity index (χ1) is 9.32. The average Bonchev–Trinajstić information content (AvgIpc) is 2.86. The summed E-state index contributed by atoms with van der Waals surface area (Å²) >= 11 is 0. The average molecular weight is 302 g/mol. The molecule has 0 spiro atoms. The van der Waals surface area contributed by atoms with Crippen LogP contribution in [0.3, 0.4) is 0 Å². The van der Waals surface area contributed by atoms with Gasteiger partial charge in [0.25, 0.3) is 10.0 Å². The molecular weight excluding hydrogens is 276 g/mol. The van der Waals surface area contributed by atoms with Crippen LogP contribution in [-0.4, -0.2) is 31.7 Å². The van der Waals surface area contributed by atoms with Crippen molar-refractivity contribution >= 4 is 10.0 Å². The van der Waals surface area contributed by atoms with Crippen LogP contribution in [0, 0.1) is 5.41 Å². The number of H-pyrrole nitrogens is 1. The van der Waals surface area contributed by atoms with Gasteiger partial charge in [-0.15, -0.1) is 0 Å². The Morgan fingerprint density at radius 2 is 2.05 bits per heavy atom. The van der Waals surface area contributed by atoms with E-state index < -0.39 is 10.0 Å². The first-order valence-electron chi connectivity index (χ1n) is 7.05. The SMILES string of the molecule is CCCNCc1cn[nH]c1S(=O)(=O)NCC(C)(C)CC. The Morgan fingerprint density at radius 3 is 2.65 bits per heavy atom. The number of sulfonamides is 1. The van der Waals surface area contributed by atoms with Crippen molar-refractivity contribution in [3.05, 3.63) is 11.8 Å². The van der Waals surface area contributed by atoms with E-state index in [0.29, 0.717) is 18.7 Å². The first-order valence-corrected chi connectivity index (χ1v) is 8.53. The van der Waals surface area contributed by atoms with Crippen LogP contribution < -0.4 is 10.0 Å². The highest BCUT2D eigenvalue weighted by molar-refractivity contribution is 7.89. The van der Waals surface area contributed by atoms with E-state index in [1.165, 1.54) is 0 Å². The van der Waals surface area contributed by atoms with Crippen LogP contribution in [0.15, 0.2) is 11.2 Å². The summed E-state index contributed by atoms with van der Waals surface area (Å²) in [6, 6.07) is 0. The van der Waals surface area contributed by atoms with Gasteiger partial charge in [0, 0.05) is 18.7 Å². The van der Waals surface area contributed by atoms with E-state index in [1.807, 2.05) is 20.8 Å². The number of rotatable bonds is 9. The van der Waals surface area contributed by atoms with Crippen molar-refractivity contribution < 1.29 is 8.42 Å². The van der Waals surface area contributed by atoms with Crippen molar-refractivity contribution in [1.82, 2.24) is 20.2 Å². The van der Waals surface area contributed by atoms with Gasteiger partial charge < -0.3 is 5.32 Å². The van der Waals surface area contributed by atoms with Crippen LogP contribution in [0.2, 0.25) is 0 Å². The minimum absolute atomic E-state index is 0.0618. The van der Waals surface area contributed by atoms with Crippen LogP contribution in [0.5, 0.6) is 0 Å². The fraction of sp³-hybridized carbons (Fsp3) is 0.769. The molecule has 1 aromatic heterocycles. The second kappa shape index (κ2) is 7.19. The standard InChI is InChI=1S/C13H26N4O2S/c1-5-7-14-8-11-9-15-17-12(11)20(18,19)16-10-13(3,4)6-2/h9,14,16H,5-8,10H2,1-4H3,(H,15,17). The Kier molecular flexibility index (Phi) is 6.16. The molecule has 0 aliphatic carbocycles. The Bertz CT molecular complexity index is 508. The van der Waals surface area contributed by atoms with Gasteiger partial charge in [-0.3, -0.25) is 5.10 Å². The van der Waals surface area contributed by atoms with E-state index in [-0.39, 0.29) is 10.4 Å². The van der Waals surface area contributed by atoms with Crippen molar-refractivity contribution in [3.63, 3.8) is 0 Å². The molecule has 0 aliphatic heterocycles. The third-order valence-electron chi connectivity index (χ3n) is 3.39. The van der Waals surface area contributed by atoms with Gasteiger partial charge in [0.2, 0.25) is 0 Å². The first kappa shape index (κ1) is 17.1. The Labute approximate surface area is 121 Å². The van der Waals surface area contributed by atoms with Gasteiger partial charge in [0.05, 0.1) is 6.20 Å². The lowest BCUT2D eigenvalue weighted by atomic mass is 9.91. The molecule has 0 amide bonds. The van der Waals surface area contributed by atoms with Gasteiger partial charge in [-0.2, -0.15) is 5.10 Å². The van der Waals surface area contributed by atoms with E-state index in [4.69, 9.17) is 0 Å². The number of aromatic nitrogens is 2. The molecule has 0 unspecified atom stereocenters. The number of aromatic amines is 1. The van der Waals surface area contributed by atoms with Crippen LogP contribution in [0.1, 0.15) is 46.1 Å². The normalized spacial score (nSPS) is 12.8. The van der Waals surface area contributed by atoms with Gasteiger partial charge in [0.15, 0.2) is 5.03 Å². The Hall–Kier alpha value is -0.920. The Morgan fingerprint density at radius 1 is 1.35 bits per heavy atom. The molecule has 1 heterocycles. The fourth-order valence-electron chi connectivity index (χ4n) is 1.55. The van der Waals surface area contributed by atoms with Gasteiger partial charge in [-0.25, -0.2) is 13.1 Å². The van der Waals surface area contributed by atoms with Crippen LogP contribution in [0.4, 0.5) is 0 Å². The molecule has 0 saturated carbocycles. The van der Waals surface area contributed by atoms with Crippen LogP contribution in [-0.2, 0) is 16.6 Å². The molecule has 0 aromatic carbocycles. The number of hydrogen-bond donors (Lipinski definition) is 3. The summed E-state index contributed by atoms with van der Waals surface area (Å²) in [6.07, 6.45) is 3.47. The van der Waals surface area contributed by atoms with Crippen molar-refractivity contribution in [2.75, 3.05) is 13.1 Å². The molecule has 0 radical (unpaired) electrons. The van der Waals surface area contributed by atoms with Gasteiger partial charge >= 0.3 is 0 Å². The number of nitrogens with one attached hydrogen (secondary N) is 3. The largest absolute Gasteiger partial charge is 0.313 e. The van der Waals surface area contributed by atoms with Gasteiger partial charge in [0.1, 0.15) is 0 Å². The third-order valence-corrected chi connectivity index (χ3v) is 4.80. The smallest absolute Gasteiger partial charge is 0.257 e. The summed E-state index contributed by atoms with van der Waals surface area (Å²) in [4.78, 5) is 0. The summed E-state index contributed by atoms with van der Waals surface area (Å²) in [5.41, 5.74) is 0.605. The molecule has 1 rings (SSSR count). The van der Waals surface area contributed by atoms with E-state index in [9.17, 15) is 8.42 Å². The Balaban J connectivity index is 2.75. The minimum atomic E-state index is -3.54. The molecule has 20 heavy (non-hydrogen) atoms. The minimum Gasteiger partial charge on any atom is -0.313 e. The molecule has 0 fully saturated rings. The van der Waals surface area contributed by atoms with Crippen molar-refractivity contribution in [2.24, 2.45) is 5.41 Å². The maximum atomic E-state index is 12.3. The molecule has 0 atom stereocenters. The molecule has 1 aromatic rings. The lowest BCUT2D eigenvalue weighted by molar-refractivity contribution is 0.350.